The van der Waals surface area contributed by atoms with Crippen LogP contribution >= 0.6 is 0 Å². The van der Waals surface area contributed by atoms with Crippen molar-refractivity contribution < 1.29 is 23.1 Å². The molecule has 1 aliphatic heterocycles. The molecule has 1 N–H and O–H groups in total. The molecule has 0 aliphatic carbocycles. The first-order chi connectivity index (χ1) is 14.6. The summed E-state index contributed by atoms with van der Waals surface area (Å²) in [5.41, 5.74) is 1.85. The van der Waals surface area contributed by atoms with Gasteiger partial charge in [-0.05, 0) is 56.6 Å². The van der Waals surface area contributed by atoms with Crippen molar-refractivity contribution in [3.8, 4) is 11.6 Å². The number of aromatic nitrogens is 2. The molecule has 0 bridgehead atoms. The van der Waals surface area contributed by atoms with Gasteiger partial charge in [0.2, 0.25) is 5.75 Å². The van der Waals surface area contributed by atoms with Crippen LogP contribution in [0.2, 0.25) is 0 Å². The van der Waals surface area contributed by atoms with Crippen LogP contribution in [0.15, 0.2) is 41.0 Å². The number of hydrogen-bond donors (Lipinski definition) is 1. The Bertz CT molecular complexity index is 1020. The summed E-state index contributed by atoms with van der Waals surface area (Å²) < 4.78 is 31.4. The van der Waals surface area contributed by atoms with Crippen molar-refractivity contribution in [3.05, 3.63) is 65.0 Å². The highest BCUT2D eigenvalue weighted by molar-refractivity contribution is 5.96. The maximum Gasteiger partial charge on any atom is 0.284 e. The molecule has 0 spiro atoms. The van der Waals surface area contributed by atoms with Crippen molar-refractivity contribution in [1.29, 1.82) is 0 Å². The van der Waals surface area contributed by atoms with Gasteiger partial charge in [-0.3, -0.25) is 4.79 Å². The Morgan fingerprint density at radius 2 is 2.03 bits per heavy atom. The first-order valence-electron chi connectivity index (χ1n) is 9.91. The smallest absolute Gasteiger partial charge is 0.284 e. The molecule has 1 fully saturated rings. The molecule has 1 aromatic carbocycles. The van der Waals surface area contributed by atoms with Crippen LogP contribution in [0.4, 0.5) is 4.39 Å². The van der Waals surface area contributed by atoms with Gasteiger partial charge < -0.3 is 19.2 Å². The Kier molecular flexibility index (Phi) is 5.85. The largest absolute Gasteiger partial charge is 0.490 e. The zero-order valence-electron chi connectivity index (χ0n) is 17.0. The lowest BCUT2D eigenvalue weighted by Crippen LogP contribution is -2.27. The predicted octanol–water partition coefficient (Wildman–Crippen LogP) is 3.67. The minimum absolute atomic E-state index is 0.145. The molecule has 0 radical (unpaired) electrons. The SMILES string of the molecule is COc1c(C2CCNCC2)nn(C(=O)c2coc(C)c2)c1OCc1ccc(F)cc1. The number of benzene rings is 1. The zero-order chi connectivity index (χ0) is 21.1. The van der Waals surface area contributed by atoms with Gasteiger partial charge in [-0.1, -0.05) is 12.1 Å². The molecule has 7 nitrogen and oxygen atoms in total. The fraction of sp³-hybridized carbons (Fsp3) is 0.364. The Morgan fingerprint density at radius 1 is 1.30 bits per heavy atom. The predicted molar refractivity (Wildman–Crippen MR) is 108 cm³/mol. The van der Waals surface area contributed by atoms with Crippen molar-refractivity contribution in [2.75, 3.05) is 20.2 Å². The maximum absolute atomic E-state index is 13.2. The molecule has 1 aliphatic rings. The number of methoxy groups -OCH3 is 1. The standard InChI is InChI=1S/C22H24FN3O4/c1-14-11-17(13-29-14)21(27)26-22(30-12-15-3-5-18(23)6-4-15)20(28-2)19(25-26)16-7-9-24-10-8-16/h3-6,11,13,16,24H,7-10,12H2,1-2H3. The molecule has 0 saturated carbocycles. The van der Waals surface area contributed by atoms with Crippen LogP contribution in [0.3, 0.4) is 0 Å². The van der Waals surface area contributed by atoms with E-state index in [-0.39, 0.29) is 30.1 Å². The molecule has 4 rings (SSSR count). The average Bonchev–Trinajstić information content (AvgIpc) is 3.37. The number of nitrogens with one attached hydrogen (secondary N) is 1. The van der Waals surface area contributed by atoms with Gasteiger partial charge in [0.15, 0.2) is 0 Å². The van der Waals surface area contributed by atoms with E-state index in [0.717, 1.165) is 31.5 Å². The summed E-state index contributed by atoms with van der Waals surface area (Å²) in [5, 5.41) is 7.93. The molecule has 0 unspecified atom stereocenters. The van der Waals surface area contributed by atoms with Crippen molar-refractivity contribution in [2.24, 2.45) is 0 Å². The lowest BCUT2D eigenvalue weighted by Gasteiger charge is -2.21. The third-order valence-corrected chi connectivity index (χ3v) is 5.22. The van der Waals surface area contributed by atoms with Crippen LogP contribution in [0, 0.1) is 12.7 Å². The number of carbonyl (C=O) groups excluding carboxylic acids is 1. The quantitative estimate of drug-likeness (QED) is 0.664. The van der Waals surface area contributed by atoms with E-state index < -0.39 is 0 Å². The third kappa shape index (κ3) is 4.09. The van der Waals surface area contributed by atoms with E-state index in [4.69, 9.17) is 13.9 Å². The number of ether oxygens (including phenoxy) is 2. The van der Waals surface area contributed by atoms with Crippen LogP contribution in [0.1, 0.15) is 46.1 Å². The highest BCUT2D eigenvalue weighted by Crippen LogP contribution is 2.39. The molecular weight excluding hydrogens is 389 g/mol. The molecule has 8 heteroatoms. The molecule has 2 aromatic heterocycles. The minimum atomic E-state index is -0.362. The zero-order valence-corrected chi connectivity index (χ0v) is 17.0. The van der Waals surface area contributed by atoms with Crippen LogP contribution in [-0.2, 0) is 6.61 Å². The van der Waals surface area contributed by atoms with Gasteiger partial charge in [0.25, 0.3) is 11.8 Å². The molecular formula is C22H24FN3O4. The van der Waals surface area contributed by atoms with Gasteiger partial charge in [0.1, 0.15) is 30.1 Å². The Morgan fingerprint density at radius 3 is 2.67 bits per heavy atom. The number of carbonyl (C=O) groups is 1. The monoisotopic (exact) mass is 413 g/mol. The maximum atomic E-state index is 13.2. The third-order valence-electron chi connectivity index (χ3n) is 5.22. The van der Waals surface area contributed by atoms with Crippen LogP contribution in [0.5, 0.6) is 11.6 Å². The Labute approximate surface area is 173 Å². The first kappa shape index (κ1) is 20.2. The highest BCUT2D eigenvalue weighted by Gasteiger charge is 2.31. The summed E-state index contributed by atoms with van der Waals surface area (Å²) in [4.78, 5) is 13.1. The van der Waals surface area contributed by atoms with E-state index >= 15 is 0 Å². The van der Waals surface area contributed by atoms with E-state index in [1.165, 1.54) is 23.1 Å². The number of piperidine rings is 1. The van der Waals surface area contributed by atoms with Gasteiger partial charge in [0.05, 0.1) is 12.7 Å². The summed E-state index contributed by atoms with van der Waals surface area (Å²) in [5.74, 6) is 0.802. The summed E-state index contributed by atoms with van der Waals surface area (Å²) in [6, 6.07) is 7.67. The first-order valence-corrected chi connectivity index (χ1v) is 9.91. The highest BCUT2D eigenvalue weighted by atomic mass is 19.1. The lowest BCUT2D eigenvalue weighted by molar-refractivity contribution is 0.0925. The summed E-state index contributed by atoms with van der Waals surface area (Å²) in [7, 11) is 1.54. The number of halogens is 1. The molecule has 30 heavy (non-hydrogen) atoms. The molecule has 0 atom stereocenters. The summed E-state index contributed by atoms with van der Waals surface area (Å²) in [6.45, 7) is 3.67. The molecule has 1 saturated heterocycles. The number of aryl methyl sites for hydroxylation is 1. The minimum Gasteiger partial charge on any atom is -0.490 e. The summed E-state index contributed by atoms with van der Waals surface area (Å²) >= 11 is 0. The molecule has 3 heterocycles. The van der Waals surface area contributed by atoms with E-state index in [9.17, 15) is 9.18 Å². The van der Waals surface area contributed by atoms with E-state index in [0.29, 0.717) is 22.8 Å². The summed E-state index contributed by atoms with van der Waals surface area (Å²) in [6.07, 6.45) is 3.19. The van der Waals surface area contributed by atoms with Crippen molar-refractivity contribution >= 4 is 5.91 Å². The topological polar surface area (TPSA) is 78.5 Å². The van der Waals surface area contributed by atoms with Crippen molar-refractivity contribution in [2.45, 2.75) is 32.3 Å². The van der Waals surface area contributed by atoms with Gasteiger partial charge in [-0.15, -0.1) is 0 Å². The van der Waals surface area contributed by atoms with Crippen molar-refractivity contribution in [3.63, 3.8) is 0 Å². The fourth-order valence-electron chi connectivity index (χ4n) is 3.63. The van der Waals surface area contributed by atoms with Crippen molar-refractivity contribution in [1.82, 2.24) is 15.1 Å². The second-order valence-corrected chi connectivity index (χ2v) is 7.33. The second-order valence-electron chi connectivity index (χ2n) is 7.33. The number of hydrogen-bond acceptors (Lipinski definition) is 6. The van der Waals surface area contributed by atoms with E-state index in [1.54, 1.807) is 32.2 Å². The normalized spacial score (nSPS) is 14.6. The van der Waals surface area contributed by atoms with Crippen LogP contribution < -0.4 is 14.8 Å². The molecule has 3 aromatic rings. The van der Waals surface area contributed by atoms with Gasteiger partial charge >= 0.3 is 0 Å². The molecule has 0 amide bonds. The van der Waals surface area contributed by atoms with E-state index in [1.807, 2.05) is 0 Å². The fourth-order valence-corrected chi connectivity index (χ4v) is 3.63. The number of nitrogens with zero attached hydrogens (tertiary/aromatic N) is 2. The van der Waals surface area contributed by atoms with E-state index in [2.05, 4.69) is 10.4 Å². The molecule has 158 valence electrons. The number of rotatable bonds is 6. The van der Waals surface area contributed by atoms with Crippen LogP contribution in [-0.4, -0.2) is 35.9 Å². The van der Waals surface area contributed by atoms with Gasteiger partial charge in [-0.2, -0.15) is 9.78 Å². The Balaban J connectivity index is 1.71. The second kappa shape index (κ2) is 8.71. The average molecular weight is 413 g/mol. The van der Waals surface area contributed by atoms with Gasteiger partial charge in [-0.25, -0.2) is 4.39 Å². The van der Waals surface area contributed by atoms with Crippen LogP contribution in [0.25, 0.3) is 0 Å². The lowest BCUT2D eigenvalue weighted by atomic mass is 9.94. The van der Waals surface area contributed by atoms with Gasteiger partial charge in [0, 0.05) is 5.92 Å². The Hall–Kier alpha value is -3.13. The number of furan rings is 1.